The summed E-state index contributed by atoms with van der Waals surface area (Å²) in [4.78, 5) is 16.7. The summed E-state index contributed by atoms with van der Waals surface area (Å²) >= 11 is 0. The molecule has 1 rings (SSSR count). The average Bonchev–Trinajstić information content (AvgIpc) is 2.35. The molecule has 1 aromatic rings. The maximum atomic E-state index is 12.4. The molecule has 19 heavy (non-hydrogen) atoms. The van der Waals surface area contributed by atoms with E-state index in [4.69, 9.17) is 0 Å². The van der Waals surface area contributed by atoms with Gasteiger partial charge in [-0.05, 0) is 19.9 Å². The number of aromatic nitrogens is 1. The smallest absolute Gasteiger partial charge is 0.383 e. The molecule has 0 fully saturated rings. The summed E-state index contributed by atoms with van der Waals surface area (Å²) in [7, 11) is 0. The third-order valence-corrected chi connectivity index (χ3v) is 2.46. The molecule has 1 N–H and O–H groups in total. The summed E-state index contributed by atoms with van der Waals surface area (Å²) in [6.45, 7) is 2.63. The summed E-state index contributed by atoms with van der Waals surface area (Å²) in [5.41, 5.74) is 0.638. The van der Waals surface area contributed by atoms with Crippen LogP contribution in [0.25, 0.3) is 0 Å². The average molecular weight is 275 g/mol. The summed E-state index contributed by atoms with van der Waals surface area (Å²) in [6, 6.07) is 1.42. The summed E-state index contributed by atoms with van der Waals surface area (Å²) in [5.74, 6) is -0.654. The molecule has 1 aromatic heterocycles. The molecule has 4 nitrogen and oxygen atoms in total. The number of nitrogens with zero attached hydrogens (tertiary/aromatic N) is 2. The molecule has 1 amide bonds. The molecule has 0 aromatic carbocycles. The highest BCUT2D eigenvalue weighted by atomic mass is 19.4. The van der Waals surface area contributed by atoms with Crippen molar-refractivity contribution in [3.8, 4) is 0 Å². The fourth-order valence-corrected chi connectivity index (χ4v) is 1.63. The molecule has 1 heterocycles. The van der Waals surface area contributed by atoms with Gasteiger partial charge in [0.05, 0.1) is 17.4 Å². The second kappa shape index (κ2) is 6.40. The topological polar surface area (TPSA) is 45.2 Å². The Morgan fingerprint density at radius 3 is 2.63 bits per heavy atom. The number of alkyl halides is 3. The Morgan fingerprint density at radius 1 is 1.42 bits per heavy atom. The molecule has 0 radical (unpaired) electrons. The zero-order valence-corrected chi connectivity index (χ0v) is 10.8. The van der Waals surface area contributed by atoms with Crippen molar-refractivity contribution in [1.29, 1.82) is 0 Å². The number of hydrogen-bond acceptors (Lipinski definition) is 3. The van der Waals surface area contributed by atoms with Gasteiger partial charge in [0, 0.05) is 19.3 Å². The van der Waals surface area contributed by atoms with E-state index in [1.165, 1.54) is 25.4 Å². The Balaban J connectivity index is 2.97. The first-order chi connectivity index (χ1) is 8.89. The zero-order chi connectivity index (χ0) is 14.5. The maximum Gasteiger partial charge on any atom is 0.406 e. The molecule has 0 saturated carbocycles. The Morgan fingerprint density at radius 2 is 2.11 bits per heavy atom. The summed E-state index contributed by atoms with van der Waals surface area (Å²) < 4.78 is 37.2. The van der Waals surface area contributed by atoms with E-state index in [0.717, 1.165) is 4.90 Å². The van der Waals surface area contributed by atoms with E-state index >= 15 is 0 Å². The number of pyridine rings is 1. The largest absolute Gasteiger partial charge is 0.406 e. The lowest BCUT2D eigenvalue weighted by molar-refractivity contribution is -0.140. The van der Waals surface area contributed by atoms with E-state index in [2.05, 4.69) is 10.3 Å². The van der Waals surface area contributed by atoms with Gasteiger partial charge in [0.2, 0.25) is 0 Å². The van der Waals surface area contributed by atoms with Crippen LogP contribution in [0.5, 0.6) is 0 Å². The first kappa shape index (κ1) is 15.3. The van der Waals surface area contributed by atoms with Crippen LogP contribution in [0, 0.1) is 0 Å². The van der Waals surface area contributed by atoms with E-state index < -0.39 is 18.6 Å². The molecule has 0 aliphatic rings. The molecule has 106 valence electrons. The molecule has 0 aliphatic carbocycles. The number of carbonyl (C=O) groups excluding carboxylic acids is 1. The summed E-state index contributed by atoms with van der Waals surface area (Å²) in [5, 5.41) is 2.91. The predicted octanol–water partition coefficient (Wildman–Crippen LogP) is 2.54. The second-order valence-electron chi connectivity index (χ2n) is 3.89. The van der Waals surface area contributed by atoms with Crippen LogP contribution < -0.4 is 5.32 Å². The Hall–Kier alpha value is -1.79. The van der Waals surface area contributed by atoms with Gasteiger partial charge in [0.1, 0.15) is 6.54 Å². The van der Waals surface area contributed by atoms with Crippen LogP contribution in [0.3, 0.4) is 0 Å². The Labute approximate surface area is 109 Å². The van der Waals surface area contributed by atoms with Crippen LogP contribution in [0.15, 0.2) is 18.5 Å². The minimum Gasteiger partial charge on any atom is -0.383 e. The van der Waals surface area contributed by atoms with Gasteiger partial charge >= 0.3 is 6.18 Å². The lowest BCUT2D eigenvalue weighted by Gasteiger charge is -2.23. The van der Waals surface area contributed by atoms with E-state index in [1.807, 2.05) is 6.92 Å². The van der Waals surface area contributed by atoms with Gasteiger partial charge in [-0.2, -0.15) is 13.2 Å². The van der Waals surface area contributed by atoms with Crippen molar-refractivity contribution in [2.45, 2.75) is 20.0 Å². The highest BCUT2D eigenvalue weighted by Gasteiger charge is 2.33. The normalized spacial score (nSPS) is 11.2. The Bertz CT molecular complexity index is 434. The maximum absolute atomic E-state index is 12.4. The quantitative estimate of drug-likeness (QED) is 0.898. The highest BCUT2D eigenvalue weighted by Crippen LogP contribution is 2.20. The van der Waals surface area contributed by atoms with Crippen LogP contribution in [-0.2, 0) is 0 Å². The lowest BCUT2D eigenvalue weighted by Crippen LogP contribution is -2.39. The highest BCUT2D eigenvalue weighted by molar-refractivity contribution is 5.99. The number of carbonyl (C=O) groups is 1. The van der Waals surface area contributed by atoms with Gasteiger partial charge < -0.3 is 10.2 Å². The van der Waals surface area contributed by atoms with Gasteiger partial charge in [-0.1, -0.05) is 0 Å². The van der Waals surface area contributed by atoms with Gasteiger partial charge in [0.15, 0.2) is 0 Å². The molecule has 0 unspecified atom stereocenters. The van der Waals surface area contributed by atoms with Crippen LogP contribution in [-0.4, -0.2) is 41.6 Å². The molecular formula is C12H16F3N3O. The van der Waals surface area contributed by atoms with Crippen LogP contribution in [0.2, 0.25) is 0 Å². The fraction of sp³-hybridized carbons (Fsp3) is 0.500. The SMILES string of the molecule is CCNc1cnccc1C(=O)N(CC)CC(F)(F)F. The lowest BCUT2D eigenvalue weighted by atomic mass is 10.2. The second-order valence-corrected chi connectivity index (χ2v) is 3.89. The molecule has 0 aliphatic heterocycles. The van der Waals surface area contributed by atoms with E-state index in [1.54, 1.807) is 0 Å². The molecule has 0 bridgehead atoms. The van der Waals surface area contributed by atoms with Gasteiger partial charge in [-0.15, -0.1) is 0 Å². The first-order valence-electron chi connectivity index (χ1n) is 5.93. The zero-order valence-electron chi connectivity index (χ0n) is 10.8. The third kappa shape index (κ3) is 4.42. The third-order valence-electron chi connectivity index (χ3n) is 2.46. The summed E-state index contributed by atoms with van der Waals surface area (Å²) in [6.07, 6.45) is -1.59. The van der Waals surface area contributed by atoms with E-state index in [0.29, 0.717) is 12.2 Å². The van der Waals surface area contributed by atoms with Crippen molar-refractivity contribution in [2.24, 2.45) is 0 Å². The minimum absolute atomic E-state index is 0.00771. The fourth-order valence-electron chi connectivity index (χ4n) is 1.63. The van der Waals surface area contributed by atoms with Gasteiger partial charge in [-0.3, -0.25) is 9.78 Å². The van der Waals surface area contributed by atoms with Gasteiger partial charge in [0.25, 0.3) is 5.91 Å². The monoisotopic (exact) mass is 275 g/mol. The van der Waals surface area contributed by atoms with E-state index in [-0.39, 0.29) is 12.1 Å². The van der Waals surface area contributed by atoms with Crippen molar-refractivity contribution in [1.82, 2.24) is 9.88 Å². The molecule has 0 saturated heterocycles. The number of rotatable bonds is 5. The number of halogens is 3. The number of nitrogens with one attached hydrogen (secondary N) is 1. The Kier molecular flexibility index (Phi) is 5.14. The van der Waals surface area contributed by atoms with Crippen molar-refractivity contribution in [3.63, 3.8) is 0 Å². The van der Waals surface area contributed by atoms with Crippen molar-refractivity contribution in [3.05, 3.63) is 24.0 Å². The van der Waals surface area contributed by atoms with Crippen molar-refractivity contribution in [2.75, 3.05) is 25.0 Å². The van der Waals surface area contributed by atoms with E-state index in [9.17, 15) is 18.0 Å². The molecule has 0 atom stereocenters. The molecule has 0 spiro atoms. The van der Waals surface area contributed by atoms with Crippen molar-refractivity contribution < 1.29 is 18.0 Å². The first-order valence-corrected chi connectivity index (χ1v) is 5.93. The molecular weight excluding hydrogens is 259 g/mol. The minimum atomic E-state index is -4.41. The predicted molar refractivity (Wildman–Crippen MR) is 66.0 cm³/mol. The number of amides is 1. The van der Waals surface area contributed by atoms with Gasteiger partial charge in [-0.25, -0.2) is 0 Å². The van der Waals surface area contributed by atoms with Crippen LogP contribution in [0.1, 0.15) is 24.2 Å². The number of hydrogen-bond donors (Lipinski definition) is 1. The van der Waals surface area contributed by atoms with Crippen LogP contribution in [0.4, 0.5) is 18.9 Å². The standard InChI is InChI=1S/C12H16F3N3O/c1-3-17-10-7-16-6-5-9(10)11(19)18(4-2)8-12(13,14)15/h5-7,17H,3-4,8H2,1-2H3. The van der Waals surface area contributed by atoms with Crippen molar-refractivity contribution >= 4 is 11.6 Å². The molecule has 7 heteroatoms. The van der Waals surface area contributed by atoms with Crippen LogP contribution >= 0.6 is 0 Å². The number of anilines is 1.